The second-order valence-electron chi connectivity index (χ2n) is 5.10. The van der Waals surface area contributed by atoms with Gasteiger partial charge in [-0.3, -0.25) is 0 Å². The van der Waals surface area contributed by atoms with Crippen LogP contribution in [0.4, 0.5) is 0 Å². The Morgan fingerprint density at radius 3 is 1.81 bits per heavy atom. The maximum absolute atomic E-state index is 10.6. The Morgan fingerprint density at radius 1 is 0.714 bits per heavy atom. The third kappa shape index (κ3) is 2.64. The molecule has 112 valence electrons. The van der Waals surface area contributed by atoms with Gasteiger partial charge in [0.2, 0.25) is 0 Å². The van der Waals surface area contributed by atoms with E-state index in [0.717, 1.165) is 31.2 Å². The van der Waals surface area contributed by atoms with E-state index in [0.29, 0.717) is 15.6 Å². The number of phenols is 2. The molecule has 5 heteroatoms. The monoisotopic (exact) mass is 476 g/mol. The molecule has 2 nitrogen and oxygen atoms in total. The summed E-state index contributed by atoms with van der Waals surface area (Å²) in [5, 5.41) is 20.9. The third-order valence-corrected chi connectivity index (χ3v) is 7.35. The van der Waals surface area contributed by atoms with Crippen molar-refractivity contribution in [1.82, 2.24) is 0 Å². The molecule has 0 aliphatic rings. The van der Waals surface area contributed by atoms with E-state index in [1.54, 1.807) is 6.07 Å². The van der Waals surface area contributed by atoms with Gasteiger partial charge in [-0.15, -0.1) is 0 Å². The van der Waals surface area contributed by atoms with Gasteiger partial charge in [0, 0.05) is 24.5 Å². The molecule has 0 spiro atoms. The van der Waals surface area contributed by atoms with Crippen LogP contribution in [0.15, 0.2) is 19.5 Å². The van der Waals surface area contributed by atoms with Crippen molar-refractivity contribution < 1.29 is 10.2 Å². The van der Waals surface area contributed by atoms with Crippen LogP contribution in [0, 0.1) is 27.7 Å². The molecule has 0 radical (unpaired) electrons. The maximum atomic E-state index is 10.6. The summed E-state index contributed by atoms with van der Waals surface area (Å²) in [5.74, 6) is 0.318. The van der Waals surface area contributed by atoms with Crippen molar-refractivity contribution in [2.24, 2.45) is 0 Å². The van der Waals surface area contributed by atoms with E-state index >= 15 is 0 Å². The molecule has 0 aromatic heterocycles. The van der Waals surface area contributed by atoms with Gasteiger partial charge in [-0.05, 0) is 104 Å². The summed E-state index contributed by atoms with van der Waals surface area (Å²) in [7, 11) is 0. The fourth-order valence-electron chi connectivity index (χ4n) is 2.42. The summed E-state index contributed by atoms with van der Waals surface area (Å²) in [6.07, 6.45) is 0. The predicted molar refractivity (Wildman–Crippen MR) is 97.3 cm³/mol. The topological polar surface area (TPSA) is 40.5 Å². The van der Waals surface area contributed by atoms with Gasteiger partial charge in [0.1, 0.15) is 11.5 Å². The number of benzene rings is 2. The minimum atomic E-state index is 0.109. The van der Waals surface area contributed by atoms with Crippen LogP contribution in [0.25, 0.3) is 11.1 Å². The first-order valence-corrected chi connectivity index (χ1v) is 8.72. The lowest BCUT2D eigenvalue weighted by molar-refractivity contribution is 0.465. The molecule has 2 rings (SSSR count). The SMILES string of the molecule is Cc1c(C)c(C)c(-c2c(O)cc(Br)c(Br)c2Br)c(O)c1C. The molecule has 2 aromatic rings. The van der Waals surface area contributed by atoms with Crippen molar-refractivity contribution >= 4 is 47.8 Å². The van der Waals surface area contributed by atoms with E-state index in [9.17, 15) is 10.2 Å². The summed E-state index contributed by atoms with van der Waals surface area (Å²) in [4.78, 5) is 0. The molecule has 0 amide bonds. The summed E-state index contributed by atoms with van der Waals surface area (Å²) >= 11 is 10.4. The normalized spacial score (nSPS) is 11.0. The van der Waals surface area contributed by atoms with Crippen LogP contribution < -0.4 is 0 Å². The Kier molecular flexibility index (Phi) is 4.76. The highest BCUT2D eigenvalue weighted by molar-refractivity contribution is 9.14. The first-order valence-electron chi connectivity index (χ1n) is 6.34. The molecule has 2 N–H and O–H groups in total. The fourth-order valence-corrected chi connectivity index (χ4v) is 4.03. The van der Waals surface area contributed by atoms with Gasteiger partial charge in [0.15, 0.2) is 0 Å². The van der Waals surface area contributed by atoms with Crippen LogP contribution in [-0.2, 0) is 0 Å². The van der Waals surface area contributed by atoms with Crippen LogP contribution >= 0.6 is 47.8 Å². The molecule has 0 aliphatic carbocycles. The third-order valence-electron chi connectivity index (χ3n) is 4.05. The minimum absolute atomic E-state index is 0.109. The average Bonchev–Trinajstić information content (AvgIpc) is 2.44. The summed E-state index contributed by atoms with van der Waals surface area (Å²) in [6.45, 7) is 7.87. The summed E-state index contributed by atoms with van der Waals surface area (Å²) < 4.78 is 2.24. The Balaban J connectivity index is 2.96. The van der Waals surface area contributed by atoms with Crippen molar-refractivity contribution in [2.75, 3.05) is 0 Å². The van der Waals surface area contributed by atoms with Gasteiger partial charge in [-0.2, -0.15) is 0 Å². The zero-order valence-electron chi connectivity index (χ0n) is 12.1. The molecular formula is C16H15Br3O2. The van der Waals surface area contributed by atoms with E-state index in [2.05, 4.69) is 47.8 Å². The van der Waals surface area contributed by atoms with Crippen molar-refractivity contribution in [3.63, 3.8) is 0 Å². The van der Waals surface area contributed by atoms with E-state index < -0.39 is 0 Å². The van der Waals surface area contributed by atoms with Crippen LogP contribution in [0.1, 0.15) is 22.3 Å². The number of halogens is 3. The van der Waals surface area contributed by atoms with Crippen LogP contribution in [0.3, 0.4) is 0 Å². The fraction of sp³-hybridized carbons (Fsp3) is 0.250. The molecule has 0 unspecified atom stereocenters. The number of rotatable bonds is 1. The predicted octanol–water partition coefficient (Wildman–Crippen LogP) is 6.29. The smallest absolute Gasteiger partial charge is 0.127 e. The van der Waals surface area contributed by atoms with E-state index in [4.69, 9.17) is 0 Å². The summed E-state index contributed by atoms with van der Waals surface area (Å²) in [6, 6.07) is 1.62. The molecule has 0 fully saturated rings. The molecule has 0 saturated heterocycles. The first kappa shape index (κ1) is 16.8. The average molecular weight is 479 g/mol. The number of hydrogen-bond donors (Lipinski definition) is 2. The van der Waals surface area contributed by atoms with Gasteiger partial charge in [0.25, 0.3) is 0 Å². The van der Waals surface area contributed by atoms with E-state index in [1.807, 2.05) is 27.7 Å². The van der Waals surface area contributed by atoms with Gasteiger partial charge < -0.3 is 10.2 Å². The Labute approximate surface area is 149 Å². The summed E-state index contributed by atoms with van der Waals surface area (Å²) in [5.41, 5.74) is 5.23. The first-order chi connectivity index (χ1) is 9.68. The lowest BCUT2D eigenvalue weighted by Crippen LogP contribution is -1.97. The lowest BCUT2D eigenvalue weighted by Gasteiger charge is -2.20. The van der Waals surface area contributed by atoms with Gasteiger partial charge in [-0.1, -0.05) is 0 Å². The number of aromatic hydroxyl groups is 2. The quantitative estimate of drug-likeness (QED) is 0.473. The molecule has 21 heavy (non-hydrogen) atoms. The number of phenolic OH excluding ortho intramolecular Hbond substituents is 2. The van der Waals surface area contributed by atoms with Gasteiger partial charge in [-0.25, -0.2) is 0 Å². The highest BCUT2D eigenvalue weighted by Gasteiger charge is 2.22. The molecule has 0 heterocycles. The highest BCUT2D eigenvalue weighted by Crippen LogP contribution is 2.49. The van der Waals surface area contributed by atoms with Crippen molar-refractivity contribution in [2.45, 2.75) is 27.7 Å². The van der Waals surface area contributed by atoms with Crippen molar-refractivity contribution in [1.29, 1.82) is 0 Å². The zero-order chi connectivity index (χ0) is 16.1. The Morgan fingerprint density at radius 2 is 1.24 bits per heavy atom. The van der Waals surface area contributed by atoms with Crippen LogP contribution in [-0.4, -0.2) is 10.2 Å². The largest absolute Gasteiger partial charge is 0.507 e. The van der Waals surface area contributed by atoms with Gasteiger partial charge in [0.05, 0.1) is 0 Å². The second kappa shape index (κ2) is 5.94. The maximum Gasteiger partial charge on any atom is 0.127 e. The number of hydrogen-bond acceptors (Lipinski definition) is 2. The van der Waals surface area contributed by atoms with Crippen LogP contribution in [0.5, 0.6) is 11.5 Å². The Hall–Kier alpha value is -0.520. The molecule has 0 atom stereocenters. The van der Waals surface area contributed by atoms with E-state index in [1.165, 1.54) is 0 Å². The molecular weight excluding hydrogens is 464 g/mol. The van der Waals surface area contributed by atoms with Crippen molar-refractivity contribution in [3.8, 4) is 22.6 Å². The van der Waals surface area contributed by atoms with Crippen molar-refractivity contribution in [3.05, 3.63) is 41.7 Å². The van der Waals surface area contributed by atoms with E-state index in [-0.39, 0.29) is 11.5 Å². The van der Waals surface area contributed by atoms with Gasteiger partial charge >= 0.3 is 0 Å². The van der Waals surface area contributed by atoms with Crippen LogP contribution in [0.2, 0.25) is 0 Å². The Bertz CT molecular complexity index is 723. The standard InChI is InChI=1S/C16H15Br3O2/c1-6-7(2)9(4)16(21)12(8(6)3)13-11(20)5-10(17)14(18)15(13)19/h5,20-21H,1-4H3. The second-order valence-corrected chi connectivity index (χ2v) is 7.54. The zero-order valence-corrected chi connectivity index (χ0v) is 16.9. The highest BCUT2D eigenvalue weighted by atomic mass is 79.9. The molecule has 2 aromatic carbocycles. The molecule has 0 bridgehead atoms. The minimum Gasteiger partial charge on any atom is -0.507 e. The molecule has 0 saturated carbocycles. The molecule has 0 aliphatic heterocycles. The lowest BCUT2D eigenvalue weighted by atomic mass is 9.89.